The summed E-state index contributed by atoms with van der Waals surface area (Å²) in [5.74, 6) is 0.407. The van der Waals surface area contributed by atoms with Crippen LogP contribution in [0.3, 0.4) is 0 Å². The Labute approximate surface area is 73.6 Å². The molecule has 0 aromatic rings. The third kappa shape index (κ3) is 4.04. The molecule has 0 aliphatic carbocycles. The zero-order valence-electron chi connectivity index (χ0n) is 7.12. The molecule has 1 saturated heterocycles. The third-order valence-corrected chi connectivity index (χ3v) is 3.10. The molecule has 0 amide bonds. The maximum absolute atomic E-state index is 10.8. The van der Waals surface area contributed by atoms with Crippen LogP contribution in [-0.4, -0.2) is 27.3 Å². The number of nitrogens with one attached hydrogen (secondary N) is 1. The van der Waals surface area contributed by atoms with Crippen molar-refractivity contribution in [3.05, 3.63) is 0 Å². The largest absolute Gasteiger partial charge is 0.317 e. The minimum Gasteiger partial charge on any atom is -0.317 e. The van der Waals surface area contributed by atoms with Crippen molar-refractivity contribution in [2.24, 2.45) is 11.1 Å². The highest BCUT2D eigenvalue weighted by atomic mass is 32.2. The van der Waals surface area contributed by atoms with E-state index in [4.69, 9.17) is 5.14 Å². The van der Waals surface area contributed by atoms with Crippen LogP contribution in [0.2, 0.25) is 0 Å². The summed E-state index contributed by atoms with van der Waals surface area (Å²) >= 11 is 0. The Hall–Kier alpha value is -0.130. The molecule has 0 saturated carbocycles. The van der Waals surface area contributed by atoms with E-state index in [1.54, 1.807) is 0 Å². The second-order valence-electron chi connectivity index (χ2n) is 3.38. The maximum Gasteiger partial charge on any atom is 0.209 e. The van der Waals surface area contributed by atoms with Gasteiger partial charge in [0.1, 0.15) is 0 Å². The molecule has 0 radical (unpaired) electrons. The average Bonchev–Trinajstić information content (AvgIpc) is 2.12. The van der Waals surface area contributed by atoms with Crippen LogP contribution in [0.5, 0.6) is 0 Å². The lowest BCUT2D eigenvalue weighted by atomic mass is 10.0. The van der Waals surface area contributed by atoms with Crippen molar-refractivity contribution in [3.63, 3.8) is 0 Å². The molecule has 0 bridgehead atoms. The maximum atomic E-state index is 10.8. The van der Waals surface area contributed by atoms with E-state index in [9.17, 15) is 8.42 Å². The molecule has 72 valence electrons. The molecule has 0 aromatic heterocycles. The van der Waals surface area contributed by atoms with Gasteiger partial charge in [0.05, 0.1) is 5.75 Å². The lowest BCUT2D eigenvalue weighted by Gasteiger charge is -2.10. The summed E-state index contributed by atoms with van der Waals surface area (Å²) in [6.45, 7) is 1.92. The number of primary sulfonamides is 1. The van der Waals surface area contributed by atoms with Gasteiger partial charge in [0.2, 0.25) is 10.0 Å². The normalized spacial score (nSPS) is 26.6. The lowest BCUT2D eigenvalue weighted by molar-refractivity contribution is 0.506. The van der Waals surface area contributed by atoms with Gasteiger partial charge < -0.3 is 5.32 Å². The van der Waals surface area contributed by atoms with Crippen molar-refractivity contribution in [2.45, 2.75) is 19.3 Å². The molecule has 3 N–H and O–H groups in total. The Bertz CT molecular complexity index is 218. The molecule has 1 fully saturated rings. The monoisotopic (exact) mass is 192 g/mol. The van der Waals surface area contributed by atoms with Crippen molar-refractivity contribution in [3.8, 4) is 0 Å². The van der Waals surface area contributed by atoms with Crippen LogP contribution in [0, 0.1) is 5.92 Å². The van der Waals surface area contributed by atoms with E-state index in [1.165, 1.54) is 0 Å². The highest BCUT2D eigenvalue weighted by Gasteiger charge is 2.16. The quantitative estimate of drug-likeness (QED) is 0.629. The molecule has 1 aliphatic heterocycles. The van der Waals surface area contributed by atoms with E-state index in [1.807, 2.05) is 0 Å². The van der Waals surface area contributed by atoms with Crippen molar-refractivity contribution in [2.75, 3.05) is 18.8 Å². The number of rotatable bonds is 2. The predicted octanol–water partition coefficient (Wildman–Crippen LogP) is -0.335. The van der Waals surface area contributed by atoms with Gasteiger partial charge in [-0.3, -0.25) is 0 Å². The lowest BCUT2D eigenvalue weighted by Crippen LogP contribution is -2.23. The van der Waals surface area contributed by atoms with Gasteiger partial charge in [-0.2, -0.15) is 0 Å². The van der Waals surface area contributed by atoms with Crippen LogP contribution >= 0.6 is 0 Å². The van der Waals surface area contributed by atoms with Crippen LogP contribution in [0.1, 0.15) is 19.3 Å². The van der Waals surface area contributed by atoms with Gasteiger partial charge in [-0.1, -0.05) is 0 Å². The first-order valence-electron chi connectivity index (χ1n) is 4.29. The summed E-state index contributed by atoms with van der Waals surface area (Å²) in [7, 11) is -3.27. The summed E-state index contributed by atoms with van der Waals surface area (Å²) in [6, 6.07) is 0. The summed E-state index contributed by atoms with van der Waals surface area (Å²) in [5, 5.41) is 8.20. The molecule has 0 unspecified atom stereocenters. The summed E-state index contributed by atoms with van der Waals surface area (Å²) in [4.78, 5) is 0. The predicted molar refractivity (Wildman–Crippen MR) is 48.2 cm³/mol. The van der Waals surface area contributed by atoms with Gasteiger partial charge in [0, 0.05) is 0 Å². The van der Waals surface area contributed by atoms with Crippen LogP contribution in [0.4, 0.5) is 0 Å². The topological polar surface area (TPSA) is 72.2 Å². The van der Waals surface area contributed by atoms with E-state index in [0.29, 0.717) is 0 Å². The number of hydrogen-bond acceptors (Lipinski definition) is 3. The molecule has 1 heterocycles. The molecule has 5 heteroatoms. The molecule has 0 aromatic carbocycles. The molecule has 1 aliphatic rings. The van der Waals surface area contributed by atoms with Crippen molar-refractivity contribution in [1.29, 1.82) is 0 Å². The molecule has 4 nitrogen and oxygen atoms in total. The van der Waals surface area contributed by atoms with Gasteiger partial charge in [0.25, 0.3) is 0 Å². The molecular weight excluding hydrogens is 176 g/mol. The molecular formula is C7H16N2O2S. The second kappa shape index (κ2) is 4.20. The number of hydrogen-bond donors (Lipinski definition) is 2. The minimum atomic E-state index is -3.27. The summed E-state index contributed by atoms with van der Waals surface area (Å²) in [5.41, 5.74) is 0. The Kier molecular flexibility index (Phi) is 3.49. The average molecular weight is 192 g/mol. The first-order chi connectivity index (χ1) is 5.58. The first-order valence-corrected chi connectivity index (χ1v) is 6.00. The van der Waals surface area contributed by atoms with Gasteiger partial charge >= 0.3 is 0 Å². The van der Waals surface area contributed by atoms with Gasteiger partial charge in [-0.05, 0) is 38.3 Å². The highest BCUT2D eigenvalue weighted by Crippen LogP contribution is 2.14. The molecule has 1 rings (SSSR count). The summed E-state index contributed by atoms with van der Waals surface area (Å²) in [6.07, 6.45) is 2.96. The Morgan fingerprint density at radius 1 is 1.33 bits per heavy atom. The number of sulfonamides is 1. The van der Waals surface area contributed by atoms with Crippen molar-refractivity contribution < 1.29 is 8.42 Å². The van der Waals surface area contributed by atoms with Crippen LogP contribution in [-0.2, 0) is 10.0 Å². The Balaban J connectivity index is 2.40. The van der Waals surface area contributed by atoms with Gasteiger partial charge in [0.15, 0.2) is 0 Å². The Morgan fingerprint density at radius 2 is 2.08 bits per heavy atom. The first kappa shape index (κ1) is 9.95. The summed E-state index contributed by atoms with van der Waals surface area (Å²) < 4.78 is 21.5. The fraction of sp³-hybridized carbons (Fsp3) is 1.00. The van der Waals surface area contributed by atoms with Crippen LogP contribution in [0.15, 0.2) is 0 Å². The van der Waals surface area contributed by atoms with Crippen molar-refractivity contribution in [1.82, 2.24) is 5.32 Å². The highest BCUT2D eigenvalue weighted by molar-refractivity contribution is 7.89. The van der Waals surface area contributed by atoms with E-state index < -0.39 is 10.0 Å². The molecule has 0 spiro atoms. The standard InChI is InChI=1S/C7H16N2O2S/c8-12(10,11)6-7-2-1-4-9-5-3-7/h7,9H,1-6H2,(H2,8,10,11)/t7-/m0/s1. The van der Waals surface area contributed by atoms with Gasteiger partial charge in [-0.15, -0.1) is 0 Å². The van der Waals surface area contributed by atoms with E-state index in [2.05, 4.69) is 5.32 Å². The minimum absolute atomic E-state index is 0.147. The van der Waals surface area contributed by atoms with E-state index >= 15 is 0 Å². The van der Waals surface area contributed by atoms with Crippen LogP contribution in [0.25, 0.3) is 0 Å². The fourth-order valence-electron chi connectivity index (χ4n) is 1.59. The second-order valence-corrected chi connectivity index (χ2v) is 5.04. The SMILES string of the molecule is NS(=O)(=O)C[C@H]1CCCNCC1. The van der Waals surface area contributed by atoms with Crippen LogP contribution < -0.4 is 10.5 Å². The Morgan fingerprint density at radius 3 is 2.75 bits per heavy atom. The van der Waals surface area contributed by atoms with Gasteiger partial charge in [-0.25, -0.2) is 13.6 Å². The van der Waals surface area contributed by atoms with E-state index in [-0.39, 0.29) is 11.7 Å². The fourth-order valence-corrected chi connectivity index (χ4v) is 2.58. The third-order valence-electron chi connectivity index (χ3n) is 2.16. The smallest absolute Gasteiger partial charge is 0.209 e. The zero-order valence-corrected chi connectivity index (χ0v) is 7.94. The van der Waals surface area contributed by atoms with Crippen molar-refractivity contribution >= 4 is 10.0 Å². The zero-order chi connectivity index (χ0) is 9.03. The van der Waals surface area contributed by atoms with E-state index in [0.717, 1.165) is 32.4 Å². The molecule has 12 heavy (non-hydrogen) atoms. The molecule has 1 atom stereocenters. The number of nitrogens with two attached hydrogens (primary N) is 1.